The summed E-state index contributed by atoms with van der Waals surface area (Å²) in [5.74, 6) is 0.875. The van der Waals surface area contributed by atoms with Crippen LogP contribution in [-0.4, -0.2) is 16.8 Å². The zero-order chi connectivity index (χ0) is 11.4. The molecule has 1 heterocycles. The lowest BCUT2D eigenvalue weighted by Crippen LogP contribution is -1.90. The number of aromatic amines is 1. The lowest BCUT2D eigenvalue weighted by molar-refractivity contribution is 0.340. The maximum absolute atomic E-state index is 5.38. The summed E-state index contributed by atoms with van der Waals surface area (Å²) in [5.41, 5.74) is 2.09. The number of rotatable bonds is 3. The molecule has 0 unspecified atom stereocenters. The van der Waals surface area contributed by atoms with Gasteiger partial charge in [0.15, 0.2) is 0 Å². The smallest absolute Gasteiger partial charge is 0.120 e. The lowest BCUT2D eigenvalue weighted by Gasteiger charge is -2.04. The van der Waals surface area contributed by atoms with Crippen molar-refractivity contribution in [1.82, 2.24) is 10.2 Å². The van der Waals surface area contributed by atoms with Crippen LogP contribution >= 0.6 is 12.2 Å². The highest BCUT2D eigenvalue weighted by Crippen LogP contribution is 2.21. The molecule has 0 radical (unpaired) electrons. The Morgan fingerprint density at radius 1 is 1.25 bits per heavy atom. The van der Waals surface area contributed by atoms with Gasteiger partial charge in [-0.05, 0) is 30.7 Å². The molecule has 0 amide bonds. The summed E-state index contributed by atoms with van der Waals surface area (Å²) in [4.78, 5) is 0. The Balaban J connectivity index is 2.31. The van der Waals surface area contributed by atoms with Crippen LogP contribution in [0, 0.1) is 4.64 Å². The topological polar surface area (TPSA) is 37.9 Å². The Labute approximate surface area is 99.1 Å². The molecule has 0 saturated carbocycles. The van der Waals surface area contributed by atoms with Crippen LogP contribution in [0.2, 0.25) is 0 Å². The SMILES string of the molecule is CCOc1ccc(-c2cn[nH]c(=S)c2)cc1. The lowest BCUT2D eigenvalue weighted by atomic mass is 10.1. The molecular weight excluding hydrogens is 220 g/mol. The van der Waals surface area contributed by atoms with Crippen molar-refractivity contribution in [2.24, 2.45) is 0 Å². The van der Waals surface area contributed by atoms with Crippen LogP contribution < -0.4 is 4.74 Å². The summed E-state index contributed by atoms with van der Waals surface area (Å²) in [7, 11) is 0. The minimum atomic E-state index is 0.631. The van der Waals surface area contributed by atoms with Gasteiger partial charge in [0.1, 0.15) is 10.4 Å². The van der Waals surface area contributed by atoms with Gasteiger partial charge in [0.25, 0.3) is 0 Å². The highest BCUT2D eigenvalue weighted by molar-refractivity contribution is 7.71. The van der Waals surface area contributed by atoms with E-state index in [-0.39, 0.29) is 0 Å². The average molecular weight is 232 g/mol. The van der Waals surface area contributed by atoms with E-state index in [0.29, 0.717) is 11.2 Å². The van der Waals surface area contributed by atoms with Crippen LogP contribution in [0.4, 0.5) is 0 Å². The van der Waals surface area contributed by atoms with E-state index in [1.165, 1.54) is 0 Å². The first-order valence-corrected chi connectivity index (χ1v) is 5.48. The second-order valence-corrected chi connectivity index (χ2v) is 3.73. The third-order valence-corrected chi connectivity index (χ3v) is 2.37. The largest absolute Gasteiger partial charge is 0.494 e. The minimum absolute atomic E-state index is 0.631. The van der Waals surface area contributed by atoms with Crippen molar-refractivity contribution in [2.75, 3.05) is 6.61 Å². The summed E-state index contributed by atoms with van der Waals surface area (Å²) >= 11 is 5.02. The first-order valence-electron chi connectivity index (χ1n) is 5.07. The van der Waals surface area contributed by atoms with Crippen molar-refractivity contribution in [3.05, 3.63) is 41.2 Å². The molecular formula is C12H12N2OS. The molecule has 0 aliphatic rings. The number of hydrogen-bond donors (Lipinski definition) is 1. The molecule has 0 spiro atoms. The van der Waals surface area contributed by atoms with E-state index in [1.54, 1.807) is 6.20 Å². The van der Waals surface area contributed by atoms with Crippen LogP contribution in [-0.2, 0) is 0 Å². The molecule has 2 aromatic rings. The summed E-state index contributed by atoms with van der Waals surface area (Å²) < 4.78 is 6.01. The number of nitrogens with one attached hydrogen (secondary N) is 1. The fourth-order valence-corrected chi connectivity index (χ4v) is 1.62. The molecule has 4 heteroatoms. The molecule has 0 bridgehead atoms. The molecule has 1 aromatic heterocycles. The van der Waals surface area contributed by atoms with Crippen molar-refractivity contribution < 1.29 is 4.74 Å². The summed E-state index contributed by atoms with van der Waals surface area (Å²) in [6.45, 7) is 2.64. The van der Waals surface area contributed by atoms with Crippen LogP contribution in [0.25, 0.3) is 11.1 Å². The summed E-state index contributed by atoms with van der Waals surface area (Å²) in [6, 6.07) is 9.77. The standard InChI is InChI=1S/C12H12N2OS/c1-2-15-11-5-3-9(4-6-11)10-7-12(16)14-13-8-10/h3-8H,2H2,1H3,(H,14,16). The summed E-state index contributed by atoms with van der Waals surface area (Å²) in [6.07, 6.45) is 1.76. The maximum Gasteiger partial charge on any atom is 0.120 e. The Hall–Kier alpha value is -1.68. The molecule has 0 fully saturated rings. The zero-order valence-electron chi connectivity index (χ0n) is 8.93. The third kappa shape index (κ3) is 2.46. The van der Waals surface area contributed by atoms with Gasteiger partial charge < -0.3 is 4.74 Å². The van der Waals surface area contributed by atoms with Gasteiger partial charge in [-0.2, -0.15) is 5.10 Å². The molecule has 82 valence electrons. The van der Waals surface area contributed by atoms with Gasteiger partial charge in [0.05, 0.1) is 12.8 Å². The number of H-pyrrole nitrogens is 1. The van der Waals surface area contributed by atoms with E-state index in [4.69, 9.17) is 17.0 Å². The number of aromatic nitrogens is 2. The highest BCUT2D eigenvalue weighted by Gasteiger charge is 1.98. The normalized spacial score (nSPS) is 10.1. The number of benzene rings is 1. The van der Waals surface area contributed by atoms with E-state index in [9.17, 15) is 0 Å². The monoisotopic (exact) mass is 232 g/mol. The van der Waals surface area contributed by atoms with Crippen molar-refractivity contribution >= 4 is 12.2 Å². The molecule has 0 aliphatic carbocycles. The molecule has 0 saturated heterocycles. The molecule has 0 aliphatic heterocycles. The van der Waals surface area contributed by atoms with Gasteiger partial charge in [-0.25, -0.2) is 0 Å². The van der Waals surface area contributed by atoms with Gasteiger partial charge in [-0.15, -0.1) is 0 Å². The van der Waals surface area contributed by atoms with Crippen molar-refractivity contribution in [1.29, 1.82) is 0 Å². The molecule has 16 heavy (non-hydrogen) atoms. The Morgan fingerprint density at radius 3 is 2.62 bits per heavy atom. The van der Waals surface area contributed by atoms with E-state index in [0.717, 1.165) is 16.9 Å². The van der Waals surface area contributed by atoms with E-state index < -0.39 is 0 Å². The van der Waals surface area contributed by atoms with Gasteiger partial charge in [-0.1, -0.05) is 24.4 Å². The highest BCUT2D eigenvalue weighted by atomic mass is 32.1. The predicted molar refractivity (Wildman–Crippen MR) is 66.0 cm³/mol. The first-order chi connectivity index (χ1) is 7.79. The second kappa shape index (κ2) is 4.90. The number of nitrogens with zero attached hydrogens (tertiary/aromatic N) is 1. The van der Waals surface area contributed by atoms with Crippen LogP contribution in [0.15, 0.2) is 36.5 Å². The van der Waals surface area contributed by atoms with Gasteiger partial charge in [0, 0.05) is 5.56 Å². The average Bonchev–Trinajstić information content (AvgIpc) is 2.30. The van der Waals surface area contributed by atoms with Gasteiger partial charge in [0.2, 0.25) is 0 Å². The fourth-order valence-electron chi connectivity index (χ4n) is 1.44. The number of ether oxygens (including phenoxy) is 1. The van der Waals surface area contributed by atoms with E-state index in [2.05, 4.69) is 10.2 Å². The minimum Gasteiger partial charge on any atom is -0.494 e. The molecule has 2 rings (SSSR count). The third-order valence-electron chi connectivity index (χ3n) is 2.16. The Kier molecular flexibility index (Phi) is 3.31. The van der Waals surface area contributed by atoms with Gasteiger partial charge in [-0.3, -0.25) is 5.10 Å². The number of hydrogen-bond acceptors (Lipinski definition) is 3. The fraction of sp³-hybridized carbons (Fsp3) is 0.167. The van der Waals surface area contributed by atoms with Crippen molar-refractivity contribution in [3.8, 4) is 16.9 Å². The second-order valence-electron chi connectivity index (χ2n) is 3.29. The molecule has 0 atom stereocenters. The molecule has 3 nitrogen and oxygen atoms in total. The van der Waals surface area contributed by atoms with Crippen LogP contribution in [0.3, 0.4) is 0 Å². The zero-order valence-corrected chi connectivity index (χ0v) is 9.75. The predicted octanol–water partition coefficient (Wildman–Crippen LogP) is 3.20. The van der Waals surface area contributed by atoms with Crippen LogP contribution in [0.5, 0.6) is 5.75 Å². The van der Waals surface area contributed by atoms with Crippen molar-refractivity contribution in [2.45, 2.75) is 6.92 Å². The summed E-state index contributed by atoms with van der Waals surface area (Å²) in [5, 5.41) is 6.67. The van der Waals surface area contributed by atoms with Crippen LogP contribution in [0.1, 0.15) is 6.92 Å². The Morgan fingerprint density at radius 2 is 2.00 bits per heavy atom. The first kappa shape index (κ1) is 10.8. The Bertz CT molecular complexity index is 519. The van der Waals surface area contributed by atoms with Gasteiger partial charge >= 0.3 is 0 Å². The van der Waals surface area contributed by atoms with Crippen molar-refractivity contribution in [3.63, 3.8) is 0 Å². The molecule has 1 N–H and O–H groups in total. The maximum atomic E-state index is 5.38. The quantitative estimate of drug-likeness (QED) is 0.826. The molecule has 1 aromatic carbocycles. The van der Waals surface area contributed by atoms with E-state index in [1.807, 2.05) is 37.3 Å². The van der Waals surface area contributed by atoms with E-state index >= 15 is 0 Å².